The fourth-order valence-corrected chi connectivity index (χ4v) is 4.44. The Labute approximate surface area is 154 Å². The molecule has 2 N–H and O–H groups in total. The van der Waals surface area contributed by atoms with Gasteiger partial charge in [-0.25, -0.2) is 4.98 Å². The summed E-state index contributed by atoms with van der Waals surface area (Å²) in [5, 5.41) is 7.83. The molecule has 2 fully saturated rings. The number of aromatic nitrogens is 1. The molecule has 138 valence electrons. The molecule has 6 nitrogen and oxygen atoms in total. The van der Waals surface area contributed by atoms with Gasteiger partial charge in [0.1, 0.15) is 5.01 Å². The molecule has 1 unspecified atom stereocenters. The molecule has 3 rings (SSSR count). The molecule has 0 bridgehead atoms. The van der Waals surface area contributed by atoms with Crippen LogP contribution in [0.1, 0.15) is 48.4 Å². The van der Waals surface area contributed by atoms with Gasteiger partial charge in [0.25, 0.3) is 0 Å². The number of nitrogens with one attached hydrogen (secondary N) is 2. The summed E-state index contributed by atoms with van der Waals surface area (Å²) in [4.78, 5) is 24.6. The summed E-state index contributed by atoms with van der Waals surface area (Å²) < 4.78 is 0. The first-order chi connectivity index (χ1) is 12.2. The highest BCUT2D eigenvalue weighted by Gasteiger charge is 2.31. The maximum atomic E-state index is 12.7. The van der Waals surface area contributed by atoms with Crippen molar-refractivity contribution in [3.63, 3.8) is 0 Å². The molecule has 1 saturated heterocycles. The van der Waals surface area contributed by atoms with Gasteiger partial charge >= 0.3 is 0 Å². The van der Waals surface area contributed by atoms with Gasteiger partial charge < -0.3 is 15.5 Å². The minimum Gasteiger partial charge on any atom is -0.352 e. The number of aryl methyl sites for hydroxylation is 1. The number of guanidine groups is 1. The Hall–Kier alpha value is -1.63. The molecular weight excluding hydrogens is 334 g/mol. The summed E-state index contributed by atoms with van der Waals surface area (Å²) in [6, 6.07) is 0.275. The van der Waals surface area contributed by atoms with Crippen LogP contribution in [0.2, 0.25) is 0 Å². The van der Waals surface area contributed by atoms with Crippen LogP contribution in [0.5, 0.6) is 0 Å². The molecule has 0 spiro atoms. The van der Waals surface area contributed by atoms with E-state index in [4.69, 9.17) is 0 Å². The smallest absolute Gasteiger partial charge is 0.225 e. The number of aliphatic imine (C=N–C) groups is 1. The number of amides is 1. The molecule has 1 atom stereocenters. The van der Waals surface area contributed by atoms with Crippen LogP contribution in [0, 0.1) is 12.8 Å². The van der Waals surface area contributed by atoms with Crippen molar-refractivity contribution in [2.45, 2.75) is 58.0 Å². The average Bonchev–Trinajstić information content (AvgIpc) is 3.27. The largest absolute Gasteiger partial charge is 0.352 e. The molecule has 2 aliphatic rings. The van der Waals surface area contributed by atoms with Gasteiger partial charge in [-0.15, -0.1) is 11.3 Å². The van der Waals surface area contributed by atoms with Crippen molar-refractivity contribution in [2.24, 2.45) is 10.9 Å². The number of nitrogens with zero attached hydrogens (tertiary/aromatic N) is 3. The number of thiazole rings is 1. The summed E-state index contributed by atoms with van der Waals surface area (Å²) >= 11 is 1.69. The van der Waals surface area contributed by atoms with Crippen LogP contribution >= 0.6 is 11.3 Å². The van der Waals surface area contributed by atoms with Gasteiger partial charge in [0, 0.05) is 43.2 Å². The summed E-state index contributed by atoms with van der Waals surface area (Å²) in [7, 11) is 1.78. The fraction of sp³-hybridized carbons (Fsp3) is 0.722. The van der Waals surface area contributed by atoms with E-state index in [0.29, 0.717) is 12.5 Å². The molecule has 1 aromatic rings. The lowest BCUT2D eigenvalue weighted by Crippen LogP contribution is -2.45. The molecule has 25 heavy (non-hydrogen) atoms. The second kappa shape index (κ2) is 8.65. The van der Waals surface area contributed by atoms with E-state index in [1.54, 1.807) is 18.4 Å². The highest BCUT2D eigenvalue weighted by atomic mass is 32.1. The topological polar surface area (TPSA) is 69.6 Å². The number of hydrogen-bond donors (Lipinski definition) is 2. The number of hydrogen-bond acceptors (Lipinski definition) is 4. The molecule has 1 saturated carbocycles. The van der Waals surface area contributed by atoms with E-state index in [2.05, 4.69) is 27.5 Å². The minimum atomic E-state index is 0.262. The Morgan fingerprint density at radius 3 is 2.84 bits per heavy atom. The van der Waals surface area contributed by atoms with Gasteiger partial charge in [0.2, 0.25) is 5.91 Å². The summed E-state index contributed by atoms with van der Waals surface area (Å²) in [6.45, 7) is 4.38. The zero-order valence-electron chi connectivity index (χ0n) is 15.3. The number of carbonyl (C=O) groups is 1. The predicted octanol–water partition coefficient (Wildman–Crippen LogP) is 2.30. The molecule has 1 aromatic heterocycles. The van der Waals surface area contributed by atoms with Gasteiger partial charge in [-0.1, -0.05) is 19.3 Å². The highest BCUT2D eigenvalue weighted by molar-refractivity contribution is 7.11. The Kier molecular flexibility index (Phi) is 6.29. The predicted molar refractivity (Wildman–Crippen MR) is 102 cm³/mol. The molecule has 1 aliphatic heterocycles. The average molecular weight is 364 g/mol. The lowest BCUT2D eigenvalue weighted by Gasteiger charge is -2.26. The van der Waals surface area contributed by atoms with E-state index < -0.39 is 0 Å². The highest BCUT2D eigenvalue weighted by Crippen LogP contribution is 2.26. The Bertz CT molecular complexity index is 608. The third kappa shape index (κ3) is 4.93. The first-order valence-electron chi connectivity index (χ1n) is 9.33. The lowest BCUT2D eigenvalue weighted by atomic mass is 9.88. The number of rotatable bonds is 4. The number of likely N-dealkylation sites (tertiary alicyclic amines) is 1. The van der Waals surface area contributed by atoms with Crippen LogP contribution in [0.4, 0.5) is 0 Å². The van der Waals surface area contributed by atoms with E-state index in [-0.39, 0.29) is 12.0 Å². The Morgan fingerprint density at radius 2 is 2.16 bits per heavy atom. The van der Waals surface area contributed by atoms with E-state index in [0.717, 1.165) is 43.3 Å². The van der Waals surface area contributed by atoms with E-state index in [1.165, 1.54) is 24.1 Å². The quantitative estimate of drug-likeness (QED) is 0.636. The van der Waals surface area contributed by atoms with Gasteiger partial charge in [-0.2, -0.15) is 0 Å². The first-order valence-corrected chi connectivity index (χ1v) is 10.1. The van der Waals surface area contributed by atoms with E-state index in [1.807, 2.05) is 11.1 Å². The standard InChI is InChI=1S/C18H29N5OS/c1-13-10-20-16(25-13)11-21-18(19-2)22-15-8-9-23(12-15)17(24)14-6-4-3-5-7-14/h10,14-15H,3-9,11-12H2,1-2H3,(H2,19,21,22). The SMILES string of the molecule is CN=C(NCc1ncc(C)s1)NC1CCN(C(=O)C2CCCCC2)C1. The normalized spacial score (nSPS) is 22.2. The van der Waals surface area contributed by atoms with Crippen LogP contribution in [0.15, 0.2) is 11.2 Å². The van der Waals surface area contributed by atoms with E-state index >= 15 is 0 Å². The first kappa shape index (κ1) is 18.2. The van der Waals surface area contributed by atoms with Gasteiger partial charge in [0.15, 0.2) is 5.96 Å². The monoisotopic (exact) mass is 363 g/mol. The van der Waals surface area contributed by atoms with Crippen molar-refractivity contribution in [3.8, 4) is 0 Å². The summed E-state index contributed by atoms with van der Waals surface area (Å²) in [5.74, 6) is 1.41. The van der Waals surface area contributed by atoms with Crippen molar-refractivity contribution in [2.75, 3.05) is 20.1 Å². The van der Waals surface area contributed by atoms with Crippen molar-refractivity contribution in [3.05, 3.63) is 16.1 Å². The second-order valence-corrected chi connectivity index (χ2v) is 8.36. The summed E-state index contributed by atoms with van der Waals surface area (Å²) in [5.41, 5.74) is 0. The third-order valence-electron chi connectivity index (χ3n) is 5.09. The number of carbonyl (C=O) groups excluding carboxylic acids is 1. The minimum absolute atomic E-state index is 0.262. The molecule has 2 heterocycles. The fourth-order valence-electron chi connectivity index (χ4n) is 3.72. The van der Waals surface area contributed by atoms with E-state index in [9.17, 15) is 4.79 Å². The third-order valence-corrected chi connectivity index (χ3v) is 6.01. The van der Waals surface area contributed by atoms with Gasteiger partial charge in [0.05, 0.1) is 6.54 Å². The molecular formula is C18H29N5OS. The van der Waals surface area contributed by atoms with Crippen LogP contribution < -0.4 is 10.6 Å². The molecule has 1 amide bonds. The van der Waals surface area contributed by atoms with Gasteiger partial charge in [-0.3, -0.25) is 9.79 Å². The Balaban J connectivity index is 1.45. The van der Waals surface area contributed by atoms with Crippen molar-refractivity contribution in [1.29, 1.82) is 0 Å². The lowest BCUT2D eigenvalue weighted by molar-refractivity contribution is -0.135. The van der Waals surface area contributed by atoms with Crippen LogP contribution in [-0.2, 0) is 11.3 Å². The maximum absolute atomic E-state index is 12.7. The zero-order valence-corrected chi connectivity index (χ0v) is 16.1. The van der Waals surface area contributed by atoms with Crippen LogP contribution in [-0.4, -0.2) is 47.9 Å². The van der Waals surface area contributed by atoms with Crippen molar-refractivity contribution >= 4 is 23.2 Å². The van der Waals surface area contributed by atoms with Gasteiger partial charge in [-0.05, 0) is 26.2 Å². The van der Waals surface area contributed by atoms with Crippen molar-refractivity contribution in [1.82, 2.24) is 20.5 Å². The van der Waals surface area contributed by atoms with Crippen LogP contribution in [0.25, 0.3) is 0 Å². The molecule has 0 radical (unpaired) electrons. The molecule has 1 aliphatic carbocycles. The second-order valence-electron chi connectivity index (χ2n) is 7.04. The Morgan fingerprint density at radius 1 is 1.36 bits per heavy atom. The van der Waals surface area contributed by atoms with Crippen LogP contribution in [0.3, 0.4) is 0 Å². The molecule has 0 aromatic carbocycles. The summed E-state index contributed by atoms with van der Waals surface area (Å²) in [6.07, 6.45) is 8.72. The molecule has 7 heteroatoms. The zero-order chi connectivity index (χ0) is 17.6. The van der Waals surface area contributed by atoms with Crippen molar-refractivity contribution < 1.29 is 4.79 Å². The maximum Gasteiger partial charge on any atom is 0.225 e.